The molecule has 2 aromatic heterocycles. The first kappa shape index (κ1) is 21.4. The first-order valence-corrected chi connectivity index (χ1v) is 8.66. The Morgan fingerprint density at radius 2 is 2.03 bits per heavy atom. The molecule has 0 atom stereocenters. The standard InChI is InChI=1S/C18H14ClF3N4O4/c1-29-14-9-24-17(19)25-15(14)23-8-10-4-5-11(7-13(10)30-28)26-6-2-3-12(16(26)27)18(20,21)22/h2-7,9,28H,8H2,1H3,(H,23,24,25). The lowest BCUT2D eigenvalue weighted by molar-refractivity contribution is -0.139. The van der Waals surface area contributed by atoms with Crippen LogP contribution in [0.2, 0.25) is 5.28 Å². The number of benzene rings is 1. The maximum atomic E-state index is 13.0. The van der Waals surface area contributed by atoms with Gasteiger partial charge in [-0.05, 0) is 29.8 Å². The molecule has 0 aliphatic carbocycles. The number of rotatable bonds is 6. The van der Waals surface area contributed by atoms with Crippen LogP contribution in [0, 0.1) is 0 Å². The van der Waals surface area contributed by atoms with E-state index in [2.05, 4.69) is 20.2 Å². The van der Waals surface area contributed by atoms with Crippen molar-refractivity contribution in [2.75, 3.05) is 12.4 Å². The van der Waals surface area contributed by atoms with Crippen molar-refractivity contribution in [1.82, 2.24) is 14.5 Å². The molecular formula is C18H14ClF3N4O4. The molecule has 0 saturated carbocycles. The number of nitrogens with one attached hydrogen (secondary N) is 1. The lowest BCUT2D eigenvalue weighted by Gasteiger charge is -2.14. The van der Waals surface area contributed by atoms with E-state index in [1.807, 2.05) is 0 Å². The Balaban J connectivity index is 1.92. The summed E-state index contributed by atoms with van der Waals surface area (Å²) in [7, 11) is 1.42. The summed E-state index contributed by atoms with van der Waals surface area (Å²) in [5.74, 6) is 0.515. The van der Waals surface area contributed by atoms with Crippen LogP contribution in [0.5, 0.6) is 11.5 Å². The molecule has 0 aliphatic heterocycles. The van der Waals surface area contributed by atoms with Gasteiger partial charge in [0.05, 0.1) is 19.0 Å². The zero-order valence-corrected chi connectivity index (χ0v) is 16.0. The van der Waals surface area contributed by atoms with Gasteiger partial charge in [-0.1, -0.05) is 6.07 Å². The van der Waals surface area contributed by atoms with Crippen molar-refractivity contribution in [1.29, 1.82) is 0 Å². The molecule has 0 bridgehead atoms. The number of pyridine rings is 1. The third kappa shape index (κ3) is 4.47. The SMILES string of the molecule is COc1cnc(Cl)nc1NCc1ccc(-n2cccc(C(F)(F)F)c2=O)cc1OO. The Morgan fingerprint density at radius 1 is 1.27 bits per heavy atom. The normalized spacial score (nSPS) is 11.3. The quantitative estimate of drug-likeness (QED) is 0.340. The molecule has 0 radical (unpaired) electrons. The van der Waals surface area contributed by atoms with Crippen LogP contribution in [-0.4, -0.2) is 26.9 Å². The van der Waals surface area contributed by atoms with Gasteiger partial charge in [0.25, 0.3) is 5.56 Å². The monoisotopic (exact) mass is 442 g/mol. The van der Waals surface area contributed by atoms with Crippen LogP contribution in [0.4, 0.5) is 19.0 Å². The average molecular weight is 443 g/mol. The molecule has 0 amide bonds. The Bertz CT molecular complexity index is 1120. The van der Waals surface area contributed by atoms with E-state index in [1.54, 1.807) is 0 Å². The predicted molar refractivity (Wildman–Crippen MR) is 101 cm³/mol. The van der Waals surface area contributed by atoms with E-state index in [9.17, 15) is 23.2 Å². The highest BCUT2D eigenvalue weighted by Crippen LogP contribution is 2.28. The third-order valence-electron chi connectivity index (χ3n) is 4.07. The van der Waals surface area contributed by atoms with Gasteiger partial charge < -0.3 is 14.9 Å². The highest BCUT2D eigenvalue weighted by atomic mass is 35.5. The van der Waals surface area contributed by atoms with E-state index >= 15 is 0 Å². The number of alkyl halides is 3. The molecule has 8 nitrogen and oxygen atoms in total. The minimum atomic E-state index is -4.79. The molecule has 30 heavy (non-hydrogen) atoms. The molecule has 2 heterocycles. The maximum absolute atomic E-state index is 13.0. The number of halogens is 4. The van der Waals surface area contributed by atoms with Gasteiger partial charge in [0, 0.05) is 24.4 Å². The summed E-state index contributed by atoms with van der Waals surface area (Å²) in [4.78, 5) is 24.3. The fraction of sp³-hybridized carbons (Fsp3) is 0.167. The lowest BCUT2D eigenvalue weighted by atomic mass is 10.1. The van der Waals surface area contributed by atoms with Crippen LogP contribution in [0.3, 0.4) is 0 Å². The molecule has 158 valence electrons. The number of hydrogen-bond acceptors (Lipinski definition) is 7. The van der Waals surface area contributed by atoms with Gasteiger partial charge in [0.15, 0.2) is 17.3 Å². The molecular weight excluding hydrogens is 429 g/mol. The minimum absolute atomic E-state index is 0.0174. The fourth-order valence-electron chi connectivity index (χ4n) is 2.64. The van der Waals surface area contributed by atoms with Crippen molar-refractivity contribution in [2.45, 2.75) is 12.7 Å². The van der Waals surface area contributed by atoms with E-state index in [-0.39, 0.29) is 29.1 Å². The number of ether oxygens (including phenoxy) is 1. The largest absolute Gasteiger partial charge is 0.491 e. The van der Waals surface area contributed by atoms with Crippen LogP contribution >= 0.6 is 11.6 Å². The van der Waals surface area contributed by atoms with Gasteiger partial charge in [-0.15, -0.1) is 0 Å². The molecule has 0 saturated heterocycles. The zero-order valence-electron chi connectivity index (χ0n) is 15.3. The molecule has 3 rings (SSSR count). The fourth-order valence-corrected chi connectivity index (χ4v) is 2.77. The van der Waals surface area contributed by atoms with Gasteiger partial charge in [0.2, 0.25) is 5.28 Å². The van der Waals surface area contributed by atoms with Gasteiger partial charge in [-0.2, -0.15) is 18.2 Å². The predicted octanol–water partition coefficient (Wildman–Crippen LogP) is 3.77. The van der Waals surface area contributed by atoms with Gasteiger partial charge in [-0.3, -0.25) is 9.36 Å². The van der Waals surface area contributed by atoms with Crippen LogP contribution < -0.4 is 20.5 Å². The van der Waals surface area contributed by atoms with Crippen molar-refractivity contribution in [2.24, 2.45) is 0 Å². The van der Waals surface area contributed by atoms with E-state index in [4.69, 9.17) is 16.3 Å². The van der Waals surface area contributed by atoms with Crippen LogP contribution in [0.1, 0.15) is 11.1 Å². The smallest absolute Gasteiger partial charge is 0.421 e. The van der Waals surface area contributed by atoms with E-state index < -0.39 is 17.3 Å². The summed E-state index contributed by atoms with van der Waals surface area (Å²) in [5, 5.41) is 12.1. The van der Waals surface area contributed by atoms with E-state index in [1.165, 1.54) is 37.7 Å². The summed E-state index contributed by atoms with van der Waals surface area (Å²) in [6.45, 7) is 0.0807. The van der Waals surface area contributed by atoms with E-state index in [0.29, 0.717) is 17.4 Å². The molecule has 1 aromatic carbocycles. The number of aromatic nitrogens is 3. The minimum Gasteiger partial charge on any atom is -0.491 e. The molecule has 0 spiro atoms. The van der Waals surface area contributed by atoms with Gasteiger partial charge in [0.1, 0.15) is 5.56 Å². The second-order valence-electron chi connectivity index (χ2n) is 5.89. The first-order chi connectivity index (χ1) is 14.2. The summed E-state index contributed by atoms with van der Waals surface area (Å²) < 4.78 is 44.9. The summed E-state index contributed by atoms with van der Waals surface area (Å²) in [6.07, 6.45) is -2.25. The molecule has 12 heteroatoms. The summed E-state index contributed by atoms with van der Waals surface area (Å²) >= 11 is 5.77. The van der Waals surface area contributed by atoms with Gasteiger partial charge in [-0.25, -0.2) is 10.2 Å². The van der Waals surface area contributed by atoms with Crippen LogP contribution in [0.25, 0.3) is 5.69 Å². The Labute approximate surface area is 172 Å². The Hall–Kier alpha value is -3.31. The number of methoxy groups -OCH3 is 1. The lowest BCUT2D eigenvalue weighted by Crippen LogP contribution is -2.27. The molecule has 2 N–H and O–H groups in total. The Morgan fingerprint density at radius 3 is 2.70 bits per heavy atom. The third-order valence-corrected chi connectivity index (χ3v) is 4.25. The summed E-state index contributed by atoms with van der Waals surface area (Å²) in [6, 6.07) is 5.90. The molecule has 0 fully saturated rings. The van der Waals surface area contributed by atoms with Gasteiger partial charge >= 0.3 is 6.18 Å². The zero-order chi connectivity index (χ0) is 21.9. The second-order valence-corrected chi connectivity index (χ2v) is 6.23. The van der Waals surface area contributed by atoms with Crippen molar-refractivity contribution in [3.8, 4) is 17.2 Å². The van der Waals surface area contributed by atoms with Crippen molar-refractivity contribution in [3.05, 3.63) is 69.5 Å². The number of anilines is 1. The average Bonchev–Trinajstić information content (AvgIpc) is 2.71. The van der Waals surface area contributed by atoms with Crippen molar-refractivity contribution < 1.29 is 28.1 Å². The van der Waals surface area contributed by atoms with Crippen molar-refractivity contribution >= 4 is 17.4 Å². The highest BCUT2D eigenvalue weighted by Gasteiger charge is 2.34. The maximum Gasteiger partial charge on any atom is 0.421 e. The van der Waals surface area contributed by atoms with Crippen LogP contribution in [-0.2, 0) is 12.7 Å². The molecule has 0 aliphatic rings. The Kier molecular flexibility index (Phi) is 6.13. The topological polar surface area (TPSA) is 98.5 Å². The molecule has 0 unspecified atom stereocenters. The summed E-state index contributed by atoms with van der Waals surface area (Å²) in [5.41, 5.74) is -2.07. The first-order valence-electron chi connectivity index (χ1n) is 8.28. The highest BCUT2D eigenvalue weighted by molar-refractivity contribution is 6.28. The molecule has 3 aromatic rings. The second kappa shape index (κ2) is 8.59. The van der Waals surface area contributed by atoms with Crippen LogP contribution in [0.15, 0.2) is 47.5 Å². The van der Waals surface area contributed by atoms with E-state index in [0.717, 1.165) is 10.6 Å². The number of hydrogen-bond donors (Lipinski definition) is 2. The number of nitrogens with zero attached hydrogens (tertiary/aromatic N) is 3. The van der Waals surface area contributed by atoms with Crippen molar-refractivity contribution in [3.63, 3.8) is 0 Å².